The number of benzene rings is 2. The van der Waals surface area contributed by atoms with E-state index in [9.17, 15) is 14.7 Å². The minimum atomic E-state index is -1.65. The maximum atomic E-state index is 15.4. The van der Waals surface area contributed by atoms with Gasteiger partial charge >= 0.3 is 6.16 Å². The van der Waals surface area contributed by atoms with Crippen molar-refractivity contribution < 1.29 is 19.0 Å². The molecule has 12 heteroatoms. The van der Waals surface area contributed by atoms with Crippen LogP contribution in [0.15, 0.2) is 84.3 Å². The van der Waals surface area contributed by atoms with Crippen LogP contribution in [0.1, 0.15) is 5.56 Å². The van der Waals surface area contributed by atoms with Crippen LogP contribution in [0, 0.1) is 5.82 Å². The molecule has 0 spiro atoms. The predicted molar refractivity (Wildman–Crippen MR) is 146 cm³/mol. The zero-order chi connectivity index (χ0) is 27.6. The third kappa shape index (κ3) is 4.94. The van der Waals surface area contributed by atoms with Crippen LogP contribution >= 0.6 is 0 Å². The Bertz CT molecular complexity index is 1720. The summed E-state index contributed by atoms with van der Waals surface area (Å²) in [5, 5.41) is 13.2. The fourth-order valence-electron chi connectivity index (χ4n) is 4.85. The average molecular weight is 542 g/mol. The van der Waals surface area contributed by atoms with Crippen molar-refractivity contribution in [3.8, 4) is 11.4 Å². The van der Waals surface area contributed by atoms with Crippen LogP contribution in [0.5, 0.6) is 5.75 Å². The van der Waals surface area contributed by atoms with Crippen molar-refractivity contribution in [1.29, 1.82) is 0 Å². The van der Waals surface area contributed by atoms with Gasteiger partial charge in [-0.1, -0.05) is 30.3 Å². The molecule has 0 amide bonds. The molecule has 11 nitrogen and oxygen atoms in total. The molecule has 40 heavy (non-hydrogen) atoms. The van der Waals surface area contributed by atoms with Gasteiger partial charge in [0.15, 0.2) is 23.0 Å². The maximum Gasteiger partial charge on any atom is 0.511 e. The molecule has 1 saturated heterocycles. The molecule has 0 atom stereocenters. The first kappa shape index (κ1) is 25.0. The van der Waals surface area contributed by atoms with Gasteiger partial charge < -0.3 is 19.6 Å². The van der Waals surface area contributed by atoms with Crippen LogP contribution in [0.25, 0.3) is 16.7 Å². The summed E-state index contributed by atoms with van der Waals surface area (Å²) in [5.41, 5.74) is 2.05. The van der Waals surface area contributed by atoms with Gasteiger partial charge in [-0.25, -0.2) is 23.8 Å². The van der Waals surface area contributed by atoms with Crippen molar-refractivity contribution in [3.63, 3.8) is 0 Å². The van der Waals surface area contributed by atoms with E-state index in [0.29, 0.717) is 38.4 Å². The standard InChI is InChI=1S/C28H24FN7O4/c29-23-14-22-25(37)24(40-28(38)39)16-36(21-8-6-19(7-9-21)15-35-18-30-17-31-35)26(22)32-27(23)34-12-10-33(11-13-34)20-4-2-1-3-5-20/h1-9,14,16-18H,10-13,15H2,(H,38,39). The summed E-state index contributed by atoms with van der Waals surface area (Å²) in [6.07, 6.45) is 2.69. The van der Waals surface area contributed by atoms with E-state index in [0.717, 1.165) is 17.3 Å². The van der Waals surface area contributed by atoms with Crippen LogP contribution < -0.4 is 20.0 Å². The number of fused-ring (bicyclic) bond motifs is 1. The van der Waals surface area contributed by atoms with Gasteiger partial charge in [0.1, 0.15) is 12.7 Å². The van der Waals surface area contributed by atoms with Crippen LogP contribution in [-0.4, -0.2) is 61.8 Å². The highest BCUT2D eigenvalue weighted by molar-refractivity contribution is 5.81. The number of pyridine rings is 2. The molecule has 0 saturated carbocycles. The van der Waals surface area contributed by atoms with Gasteiger partial charge in [0.25, 0.3) is 0 Å². The molecule has 6 rings (SSSR count). The molecular formula is C28H24FN7O4. The Kier molecular flexibility index (Phi) is 6.56. The largest absolute Gasteiger partial charge is 0.511 e. The number of rotatable bonds is 6. The van der Waals surface area contributed by atoms with Gasteiger partial charge in [0.05, 0.1) is 18.1 Å². The van der Waals surface area contributed by atoms with E-state index in [4.69, 9.17) is 4.74 Å². The van der Waals surface area contributed by atoms with Gasteiger partial charge in [0, 0.05) is 37.6 Å². The molecule has 0 unspecified atom stereocenters. The topological polar surface area (TPSA) is 119 Å². The fraction of sp³-hybridized carbons (Fsp3) is 0.179. The Labute approximate surface area is 227 Å². The van der Waals surface area contributed by atoms with Crippen LogP contribution in [0.3, 0.4) is 0 Å². The summed E-state index contributed by atoms with van der Waals surface area (Å²) < 4.78 is 23.4. The van der Waals surface area contributed by atoms with Crippen molar-refractivity contribution in [3.05, 3.63) is 101 Å². The highest BCUT2D eigenvalue weighted by atomic mass is 19.1. The number of piperazine rings is 1. The number of carbonyl (C=O) groups is 1. The highest BCUT2D eigenvalue weighted by Crippen LogP contribution is 2.27. The summed E-state index contributed by atoms with van der Waals surface area (Å²) >= 11 is 0. The average Bonchev–Trinajstić information content (AvgIpc) is 3.48. The lowest BCUT2D eigenvalue weighted by molar-refractivity contribution is 0.144. The third-order valence-electron chi connectivity index (χ3n) is 6.80. The molecule has 202 valence electrons. The predicted octanol–water partition coefficient (Wildman–Crippen LogP) is 3.55. The Morgan fingerprint density at radius 3 is 2.38 bits per heavy atom. The third-order valence-corrected chi connectivity index (χ3v) is 6.80. The molecule has 1 aliphatic rings. The summed E-state index contributed by atoms with van der Waals surface area (Å²) in [5.74, 6) is -0.986. The molecule has 5 aromatic rings. The summed E-state index contributed by atoms with van der Waals surface area (Å²) in [4.78, 5) is 37.0. The number of halogens is 1. The first-order valence-electron chi connectivity index (χ1n) is 12.6. The van der Waals surface area contributed by atoms with E-state index in [1.807, 2.05) is 47.4 Å². The van der Waals surface area contributed by atoms with Crippen molar-refractivity contribution in [2.24, 2.45) is 0 Å². The number of hydrogen-bond acceptors (Lipinski definition) is 8. The van der Waals surface area contributed by atoms with Crippen molar-refractivity contribution in [1.82, 2.24) is 24.3 Å². The second-order valence-corrected chi connectivity index (χ2v) is 9.29. The molecule has 2 aromatic carbocycles. The Morgan fingerprint density at radius 1 is 0.975 bits per heavy atom. The van der Waals surface area contributed by atoms with Gasteiger partial charge in [-0.3, -0.25) is 9.36 Å². The lowest BCUT2D eigenvalue weighted by atomic mass is 10.2. The second-order valence-electron chi connectivity index (χ2n) is 9.29. The monoisotopic (exact) mass is 541 g/mol. The Hall–Kier alpha value is -5.26. The number of carboxylic acid groups (broad SMARTS) is 1. The first-order chi connectivity index (χ1) is 19.5. The van der Waals surface area contributed by atoms with E-state index in [1.165, 1.54) is 17.1 Å². The molecule has 1 N–H and O–H groups in total. The number of hydrogen-bond donors (Lipinski definition) is 1. The quantitative estimate of drug-likeness (QED) is 0.322. The van der Waals surface area contributed by atoms with Crippen LogP contribution in [0.2, 0.25) is 0 Å². The minimum Gasteiger partial charge on any atom is -0.449 e. The summed E-state index contributed by atoms with van der Waals surface area (Å²) in [7, 11) is 0. The normalized spacial score (nSPS) is 13.5. The lowest BCUT2D eigenvalue weighted by Gasteiger charge is -2.36. The SMILES string of the molecule is O=C(O)Oc1cn(-c2ccc(Cn3cncn3)cc2)c2nc(N3CCN(c4ccccc4)CC3)c(F)cc2c1=O. The van der Waals surface area contributed by atoms with Crippen molar-refractivity contribution >= 4 is 28.7 Å². The summed E-state index contributed by atoms with van der Waals surface area (Å²) in [6, 6.07) is 18.4. The van der Waals surface area contributed by atoms with Gasteiger partial charge in [-0.05, 0) is 35.9 Å². The molecular weight excluding hydrogens is 517 g/mol. The zero-order valence-electron chi connectivity index (χ0n) is 21.2. The zero-order valence-corrected chi connectivity index (χ0v) is 21.2. The number of aromatic nitrogens is 5. The van der Waals surface area contributed by atoms with Gasteiger partial charge in [-0.2, -0.15) is 5.10 Å². The van der Waals surface area contributed by atoms with Crippen molar-refractivity contribution in [2.75, 3.05) is 36.0 Å². The van der Waals surface area contributed by atoms with E-state index >= 15 is 4.39 Å². The number of anilines is 2. The Balaban J connectivity index is 1.38. The van der Waals surface area contributed by atoms with E-state index in [1.54, 1.807) is 23.1 Å². The Morgan fingerprint density at radius 2 is 1.70 bits per heavy atom. The molecule has 4 heterocycles. The lowest BCUT2D eigenvalue weighted by Crippen LogP contribution is -2.47. The van der Waals surface area contributed by atoms with Crippen LogP contribution in [0.4, 0.5) is 20.7 Å². The highest BCUT2D eigenvalue weighted by Gasteiger charge is 2.24. The maximum absolute atomic E-state index is 15.4. The van der Waals surface area contributed by atoms with Crippen molar-refractivity contribution in [2.45, 2.75) is 6.54 Å². The molecule has 1 fully saturated rings. The number of nitrogens with zero attached hydrogens (tertiary/aromatic N) is 7. The smallest absolute Gasteiger partial charge is 0.449 e. The van der Waals surface area contributed by atoms with Gasteiger partial charge in [-0.15, -0.1) is 0 Å². The van der Waals surface area contributed by atoms with E-state index in [-0.39, 0.29) is 16.9 Å². The van der Waals surface area contributed by atoms with Crippen LogP contribution in [-0.2, 0) is 6.54 Å². The van der Waals surface area contributed by atoms with Gasteiger partial charge in [0.2, 0.25) is 5.43 Å². The summed E-state index contributed by atoms with van der Waals surface area (Å²) in [6.45, 7) is 2.92. The molecule has 1 aliphatic heterocycles. The molecule has 0 aliphatic carbocycles. The minimum absolute atomic E-state index is 0.0883. The number of para-hydroxylation sites is 1. The van der Waals surface area contributed by atoms with E-state index in [2.05, 4.69) is 20.0 Å². The fourth-order valence-corrected chi connectivity index (χ4v) is 4.85. The molecule has 0 bridgehead atoms. The molecule has 0 radical (unpaired) electrons. The number of ether oxygens (including phenoxy) is 1. The first-order valence-corrected chi connectivity index (χ1v) is 12.6. The second kappa shape index (κ2) is 10.5. The molecule has 3 aromatic heterocycles. The van der Waals surface area contributed by atoms with E-state index < -0.39 is 23.2 Å².